The fourth-order valence-corrected chi connectivity index (χ4v) is 1.91. The second kappa shape index (κ2) is 5.02. The molecule has 8 heteroatoms. The SMILES string of the molecule is Nc1nc(=O)c(CO)cn1[C@H]1C[C@H](O)[C@@H](CO)O1. The lowest BCUT2D eigenvalue weighted by atomic mass is 10.2. The van der Waals surface area contributed by atoms with Gasteiger partial charge in [0, 0.05) is 12.6 Å². The van der Waals surface area contributed by atoms with Crippen LogP contribution in [0.2, 0.25) is 0 Å². The van der Waals surface area contributed by atoms with Crippen molar-refractivity contribution in [2.75, 3.05) is 12.3 Å². The van der Waals surface area contributed by atoms with Crippen LogP contribution >= 0.6 is 0 Å². The Hall–Kier alpha value is -1.48. The maximum Gasteiger partial charge on any atom is 0.279 e. The average Bonchev–Trinajstić information content (AvgIpc) is 2.70. The van der Waals surface area contributed by atoms with Gasteiger partial charge in [-0.1, -0.05) is 0 Å². The van der Waals surface area contributed by atoms with E-state index in [1.54, 1.807) is 0 Å². The second-order valence-electron chi connectivity index (χ2n) is 4.11. The second-order valence-corrected chi connectivity index (χ2v) is 4.11. The summed E-state index contributed by atoms with van der Waals surface area (Å²) in [4.78, 5) is 14.9. The molecular weight excluding hydrogens is 242 g/mol. The summed E-state index contributed by atoms with van der Waals surface area (Å²) >= 11 is 0. The van der Waals surface area contributed by atoms with Gasteiger partial charge in [0.1, 0.15) is 12.3 Å². The number of anilines is 1. The molecule has 2 heterocycles. The summed E-state index contributed by atoms with van der Waals surface area (Å²) in [5.74, 6) is -0.0620. The number of hydrogen-bond donors (Lipinski definition) is 4. The van der Waals surface area contributed by atoms with Crippen LogP contribution in [0.3, 0.4) is 0 Å². The lowest BCUT2D eigenvalue weighted by Gasteiger charge is -2.17. The molecule has 18 heavy (non-hydrogen) atoms. The van der Waals surface area contributed by atoms with Crippen LogP contribution in [-0.4, -0.2) is 43.7 Å². The highest BCUT2D eigenvalue weighted by Crippen LogP contribution is 2.29. The third-order valence-corrected chi connectivity index (χ3v) is 2.91. The number of nitrogens with two attached hydrogens (primary N) is 1. The summed E-state index contributed by atoms with van der Waals surface area (Å²) in [5, 5.41) is 27.6. The Labute approximate surface area is 102 Å². The molecule has 100 valence electrons. The van der Waals surface area contributed by atoms with Crippen molar-refractivity contribution in [1.29, 1.82) is 0 Å². The minimum Gasteiger partial charge on any atom is -0.394 e. The van der Waals surface area contributed by atoms with Gasteiger partial charge < -0.3 is 25.8 Å². The maximum atomic E-state index is 11.3. The number of hydrogen-bond acceptors (Lipinski definition) is 7. The third-order valence-electron chi connectivity index (χ3n) is 2.91. The van der Waals surface area contributed by atoms with E-state index < -0.39 is 30.6 Å². The van der Waals surface area contributed by atoms with Crippen LogP contribution in [0, 0.1) is 0 Å². The summed E-state index contributed by atoms with van der Waals surface area (Å²) in [5.41, 5.74) is 5.10. The van der Waals surface area contributed by atoms with E-state index in [1.807, 2.05) is 0 Å². The molecule has 1 aliphatic rings. The van der Waals surface area contributed by atoms with Gasteiger partial charge in [-0.15, -0.1) is 0 Å². The molecule has 0 bridgehead atoms. The number of nitrogen functional groups attached to an aromatic ring is 1. The number of nitrogens with zero attached hydrogens (tertiary/aromatic N) is 2. The number of aliphatic hydroxyl groups excluding tert-OH is 3. The molecule has 1 fully saturated rings. The summed E-state index contributed by atoms with van der Waals surface area (Å²) in [6.07, 6.45) is -0.537. The Morgan fingerprint density at radius 1 is 1.56 bits per heavy atom. The van der Waals surface area contributed by atoms with Gasteiger partial charge in [-0.05, 0) is 0 Å². The lowest BCUT2D eigenvalue weighted by molar-refractivity contribution is -0.0441. The monoisotopic (exact) mass is 257 g/mol. The van der Waals surface area contributed by atoms with Crippen LogP contribution in [0.1, 0.15) is 18.2 Å². The van der Waals surface area contributed by atoms with Crippen LogP contribution in [0.4, 0.5) is 5.95 Å². The molecule has 0 amide bonds. The normalized spacial score (nSPS) is 27.6. The van der Waals surface area contributed by atoms with E-state index in [4.69, 9.17) is 20.7 Å². The standard InChI is InChI=1S/C10H15N3O5/c11-10-12-9(17)5(3-14)2-13(10)8-1-6(16)7(4-15)18-8/h2,6-8,14-16H,1,3-4H2,(H2,11,12,17)/t6-,7+,8+/m0/s1. The molecule has 2 rings (SSSR count). The van der Waals surface area contributed by atoms with Gasteiger partial charge in [0.25, 0.3) is 5.56 Å². The smallest absolute Gasteiger partial charge is 0.279 e. The Bertz CT molecular complexity index is 489. The van der Waals surface area contributed by atoms with Crippen molar-refractivity contribution in [2.24, 2.45) is 0 Å². The molecule has 0 aromatic carbocycles. The van der Waals surface area contributed by atoms with E-state index in [2.05, 4.69) is 4.98 Å². The molecule has 3 atom stereocenters. The van der Waals surface area contributed by atoms with Gasteiger partial charge in [-0.3, -0.25) is 9.36 Å². The van der Waals surface area contributed by atoms with Crippen molar-refractivity contribution in [3.05, 3.63) is 22.1 Å². The van der Waals surface area contributed by atoms with Gasteiger partial charge in [0.15, 0.2) is 0 Å². The van der Waals surface area contributed by atoms with Gasteiger partial charge >= 0.3 is 0 Å². The number of rotatable bonds is 3. The average molecular weight is 257 g/mol. The first-order chi connectivity index (χ1) is 8.56. The molecule has 1 aromatic heterocycles. The predicted octanol–water partition coefficient (Wildman–Crippen LogP) is -2.04. The van der Waals surface area contributed by atoms with Gasteiger partial charge in [0.2, 0.25) is 5.95 Å². The molecular formula is C10H15N3O5. The molecule has 0 unspecified atom stereocenters. The number of ether oxygens (including phenoxy) is 1. The fourth-order valence-electron chi connectivity index (χ4n) is 1.91. The largest absolute Gasteiger partial charge is 0.394 e. The summed E-state index contributed by atoms with van der Waals surface area (Å²) in [6, 6.07) is 0. The third kappa shape index (κ3) is 2.23. The molecule has 0 aliphatic carbocycles. The Balaban J connectivity index is 2.32. The molecule has 0 radical (unpaired) electrons. The number of aliphatic hydroxyl groups is 3. The van der Waals surface area contributed by atoms with Crippen LogP contribution in [0.15, 0.2) is 11.0 Å². The number of aromatic nitrogens is 2. The highest BCUT2D eigenvalue weighted by molar-refractivity contribution is 5.21. The summed E-state index contributed by atoms with van der Waals surface area (Å²) in [7, 11) is 0. The minimum atomic E-state index is -0.809. The van der Waals surface area contributed by atoms with Gasteiger partial charge in [-0.25, -0.2) is 0 Å². The predicted molar refractivity (Wildman–Crippen MR) is 60.5 cm³/mol. The molecule has 0 saturated carbocycles. The first-order valence-corrected chi connectivity index (χ1v) is 5.49. The zero-order valence-corrected chi connectivity index (χ0v) is 9.56. The van der Waals surface area contributed by atoms with Crippen molar-refractivity contribution < 1.29 is 20.1 Å². The van der Waals surface area contributed by atoms with E-state index in [0.717, 1.165) is 0 Å². The first kappa shape index (κ1) is 13.0. The fraction of sp³-hybridized carbons (Fsp3) is 0.600. The van der Waals surface area contributed by atoms with Crippen molar-refractivity contribution in [1.82, 2.24) is 9.55 Å². The Kier molecular flexibility index (Phi) is 3.62. The van der Waals surface area contributed by atoms with Crippen molar-refractivity contribution in [3.8, 4) is 0 Å². The summed E-state index contributed by atoms with van der Waals surface area (Å²) in [6.45, 7) is -0.761. The van der Waals surface area contributed by atoms with Gasteiger partial charge in [-0.2, -0.15) is 4.98 Å². The van der Waals surface area contributed by atoms with E-state index in [9.17, 15) is 9.90 Å². The van der Waals surface area contributed by atoms with E-state index >= 15 is 0 Å². The molecule has 0 spiro atoms. The zero-order valence-electron chi connectivity index (χ0n) is 9.56. The van der Waals surface area contributed by atoms with Crippen LogP contribution in [-0.2, 0) is 11.3 Å². The zero-order chi connectivity index (χ0) is 13.3. The maximum absolute atomic E-state index is 11.3. The highest BCUT2D eigenvalue weighted by Gasteiger charge is 2.35. The Morgan fingerprint density at radius 2 is 2.28 bits per heavy atom. The van der Waals surface area contributed by atoms with E-state index in [1.165, 1.54) is 10.8 Å². The van der Waals surface area contributed by atoms with Gasteiger partial charge in [0.05, 0.1) is 24.9 Å². The molecule has 1 saturated heterocycles. The van der Waals surface area contributed by atoms with Crippen molar-refractivity contribution in [2.45, 2.75) is 31.5 Å². The topological polar surface area (TPSA) is 131 Å². The highest BCUT2D eigenvalue weighted by atomic mass is 16.5. The van der Waals surface area contributed by atoms with E-state index in [-0.39, 0.29) is 24.5 Å². The molecule has 1 aliphatic heterocycles. The van der Waals surface area contributed by atoms with Crippen molar-refractivity contribution >= 4 is 5.95 Å². The van der Waals surface area contributed by atoms with E-state index in [0.29, 0.717) is 0 Å². The van der Waals surface area contributed by atoms with Crippen LogP contribution in [0.25, 0.3) is 0 Å². The Morgan fingerprint density at radius 3 is 2.83 bits per heavy atom. The molecule has 5 N–H and O–H groups in total. The van der Waals surface area contributed by atoms with Crippen LogP contribution < -0.4 is 11.3 Å². The lowest BCUT2D eigenvalue weighted by Crippen LogP contribution is -2.25. The minimum absolute atomic E-state index is 0.0620. The summed E-state index contributed by atoms with van der Waals surface area (Å²) < 4.78 is 6.76. The molecule has 1 aromatic rings. The van der Waals surface area contributed by atoms with Crippen molar-refractivity contribution in [3.63, 3.8) is 0 Å². The first-order valence-electron chi connectivity index (χ1n) is 5.49. The quantitative estimate of drug-likeness (QED) is 0.490. The molecule has 8 nitrogen and oxygen atoms in total. The van der Waals surface area contributed by atoms with Crippen LogP contribution in [0.5, 0.6) is 0 Å².